The molecule has 0 aliphatic heterocycles. The van der Waals surface area contributed by atoms with Crippen molar-refractivity contribution in [2.45, 2.75) is 44.7 Å². The Balaban J connectivity index is 1.40. The third-order valence-electron chi connectivity index (χ3n) is 6.48. The summed E-state index contributed by atoms with van der Waals surface area (Å²) < 4.78 is 44.7. The number of hydrogen-bond acceptors (Lipinski definition) is 4. The fourth-order valence-corrected chi connectivity index (χ4v) is 4.79. The van der Waals surface area contributed by atoms with Crippen LogP contribution in [0.1, 0.15) is 58.8 Å². The van der Waals surface area contributed by atoms with Crippen molar-refractivity contribution in [1.82, 2.24) is 5.16 Å². The van der Waals surface area contributed by atoms with Crippen LogP contribution in [0.5, 0.6) is 0 Å². The Hall–Kier alpha value is -3.00. The Kier molecular flexibility index (Phi) is 6.89. The second kappa shape index (κ2) is 9.70. The molecular weight excluding hydrogens is 467 g/mol. The third-order valence-corrected chi connectivity index (χ3v) is 6.73. The zero-order valence-corrected chi connectivity index (χ0v) is 19.3. The molecule has 2 aromatic carbocycles. The Morgan fingerprint density at radius 1 is 1.15 bits per heavy atom. The minimum Gasteiger partial charge on any atom is -0.366 e. The van der Waals surface area contributed by atoms with Gasteiger partial charge in [-0.25, -0.2) is 0 Å². The van der Waals surface area contributed by atoms with E-state index in [0.717, 1.165) is 54.6 Å². The lowest BCUT2D eigenvalue weighted by atomic mass is 9.77. The molecule has 1 aliphatic carbocycles. The van der Waals surface area contributed by atoms with Gasteiger partial charge in [0.25, 0.3) is 0 Å². The molecule has 180 valence electrons. The van der Waals surface area contributed by atoms with Gasteiger partial charge in [-0.3, -0.25) is 4.79 Å². The lowest BCUT2D eigenvalue weighted by molar-refractivity contribution is -0.137. The molecule has 0 spiro atoms. The van der Waals surface area contributed by atoms with Crippen molar-refractivity contribution in [3.8, 4) is 11.1 Å². The van der Waals surface area contributed by atoms with E-state index in [0.29, 0.717) is 28.9 Å². The van der Waals surface area contributed by atoms with Crippen LogP contribution < -0.4 is 11.1 Å². The Morgan fingerprint density at radius 2 is 1.82 bits per heavy atom. The second-order valence-electron chi connectivity index (χ2n) is 8.74. The molecule has 0 bridgehead atoms. The molecule has 3 aromatic rings. The van der Waals surface area contributed by atoms with E-state index in [4.69, 9.17) is 21.9 Å². The lowest BCUT2D eigenvalue weighted by Gasteiger charge is -2.30. The van der Waals surface area contributed by atoms with Crippen LogP contribution in [0.4, 0.5) is 19.1 Å². The number of halogens is 4. The number of hydrogen-bond donors (Lipinski definition) is 2. The molecule has 1 aliphatic rings. The van der Waals surface area contributed by atoms with Crippen molar-refractivity contribution in [3.63, 3.8) is 0 Å². The van der Waals surface area contributed by atoms with Gasteiger partial charge in [-0.15, -0.1) is 0 Å². The number of nitrogens with one attached hydrogen (secondary N) is 1. The topological polar surface area (TPSA) is 81.2 Å². The van der Waals surface area contributed by atoms with Crippen molar-refractivity contribution < 1.29 is 22.5 Å². The molecule has 4 rings (SSSR count). The Labute approximate surface area is 200 Å². The van der Waals surface area contributed by atoms with E-state index in [1.54, 1.807) is 0 Å². The summed E-state index contributed by atoms with van der Waals surface area (Å²) in [6.07, 6.45) is -1.27. The first kappa shape index (κ1) is 24.1. The molecule has 5 nitrogen and oxygen atoms in total. The summed E-state index contributed by atoms with van der Waals surface area (Å²) in [5.41, 5.74) is 7.72. The monoisotopic (exact) mass is 491 g/mol. The van der Waals surface area contributed by atoms with E-state index in [-0.39, 0.29) is 11.5 Å². The summed E-state index contributed by atoms with van der Waals surface area (Å²) in [4.78, 5) is 11.9. The number of alkyl halides is 3. The highest BCUT2D eigenvalue weighted by molar-refractivity contribution is 6.30. The van der Waals surface area contributed by atoms with Gasteiger partial charge in [0.1, 0.15) is 0 Å². The average molecular weight is 492 g/mol. The molecule has 0 atom stereocenters. The smallest absolute Gasteiger partial charge is 0.366 e. The fraction of sp³-hybridized carbons (Fsp3) is 0.360. The van der Waals surface area contributed by atoms with Crippen molar-refractivity contribution >= 4 is 23.4 Å². The molecule has 34 heavy (non-hydrogen) atoms. The van der Waals surface area contributed by atoms with Crippen LogP contribution in [0.2, 0.25) is 5.02 Å². The molecule has 1 amide bonds. The quantitative estimate of drug-likeness (QED) is 0.397. The van der Waals surface area contributed by atoms with Gasteiger partial charge in [0.15, 0.2) is 0 Å². The van der Waals surface area contributed by atoms with Gasteiger partial charge in [0, 0.05) is 17.1 Å². The molecular formula is C25H25ClF3N3O2. The summed E-state index contributed by atoms with van der Waals surface area (Å²) in [6.45, 7) is 2.56. The first-order chi connectivity index (χ1) is 16.1. The molecule has 1 aromatic heterocycles. The summed E-state index contributed by atoms with van der Waals surface area (Å²) >= 11 is 6.00. The first-order valence-electron chi connectivity index (χ1n) is 11.1. The maximum atomic E-state index is 13.1. The number of nitrogens with zero attached hydrogens (tertiary/aromatic N) is 1. The van der Waals surface area contributed by atoms with Crippen LogP contribution in [0.3, 0.4) is 0 Å². The third kappa shape index (κ3) is 5.22. The SMILES string of the molecule is Cc1noc(NCC2CCC(c3ccc(C(F)(F)F)cc3C(N)=O)CC2)c1-c1ccc(Cl)cc1. The van der Waals surface area contributed by atoms with Gasteiger partial charge < -0.3 is 15.6 Å². The number of benzene rings is 2. The van der Waals surface area contributed by atoms with Crippen LogP contribution in [0.15, 0.2) is 47.0 Å². The van der Waals surface area contributed by atoms with Gasteiger partial charge in [-0.1, -0.05) is 35.0 Å². The number of carbonyl (C=O) groups excluding carboxylic acids is 1. The molecule has 0 radical (unpaired) electrons. The normalized spacial score (nSPS) is 18.6. The zero-order chi connectivity index (χ0) is 24.5. The number of anilines is 1. The van der Waals surface area contributed by atoms with E-state index in [1.165, 1.54) is 6.07 Å². The first-order valence-corrected chi connectivity index (χ1v) is 11.5. The number of carbonyl (C=O) groups is 1. The molecule has 9 heteroatoms. The molecule has 0 saturated heterocycles. The number of aryl methyl sites for hydroxylation is 1. The van der Waals surface area contributed by atoms with Gasteiger partial charge in [-0.05, 0) is 79.8 Å². The molecule has 1 saturated carbocycles. The number of amides is 1. The average Bonchev–Trinajstić information content (AvgIpc) is 3.18. The van der Waals surface area contributed by atoms with Crippen molar-refractivity contribution in [3.05, 3.63) is 69.9 Å². The number of rotatable bonds is 6. The van der Waals surface area contributed by atoms with E-state index >= 15 is 0 Å². The van der Waals surface area contributed by atoms with E-state index in [2.05, 4.69) is 10.5 Å². The summed E-state index contributed by atoms with van der Waals surface area (Å²) in [7, 11) is 0. The molecule has 1 fully saturated rings. The van der Waals surface area contributed by atoms with Crippen LogP contribution in [0, 0.1) is 12.8 Å². The molecule has 3 N–H and O–H groups in total. The number of primary amides is 1. The zero-order valence-electron chi connectivity index (χ0n) is 18.6. The highest BCUT2D eigenvalue weighted by atomic mass is 35.5. The maximum absolute atomic E-state index is 13.1. The van der Waals surface area contributed by atoms with Gasteiger partial charge in [-0.2, -0.15) is 13.2 Å². The van der Waals surface area contributed by atoms with Crippen LogP contribution in [-0.4, -0.2) is 17.6 Å². The second-order valence-corrected chi connectivity index (χ2v) is 9.18. The van der Waals surface area contributed by atoms with Crippen LogP contribution in [0.25, 0.3) is 11.1 Å². The van der Waals surface area contributed by atoms with Gasteiger partial charge in [0.05, 0.1) is 16.8 Å². The predicted octanol–water partition coefficient (Wildman–Crippen LogP) is 6.81. The molecule has 1 heterocycles. The standard InChI is InChI=1S/C25H25ClF3N3O2/c1-14-22(17-6-9-19(26)10-7-17)24(34-32-14)31-13-15-2-4-16(5-3-15)20-11-8-18(25(27,28)29)12-21(20)23(30)33/h6-12,15-16,31H,2-5,13H2,1H3,(H2,30,33). The van der Waals surface area contributed by atoms with Crippen molar-refractivity contribution in [1.29, 1.82) is 0 Å². The lowest BCUT2D eigenvalue weighted by Crippen LogP contribution is -2.23. The summed E-state index contributed by atoms with van der Waals surface area (Å²) in [5, 5.41) is 8.10. The minimum absolute atomic E-state index is 0.00168. The number of aromatic nitrogens is 1. The highest BCUT2D eigenvalue weighted by Crippen LogP contribution is 2.40. The van der Waals surface area contributed by atoms with Crippen LogP contribution in [-0.2, 0) is 6.18 Å². The van der Waals surface area contributed by atoms with E-state index in [1.807, 2.05) is 31.2 Å². The van der Waals surface area contributed by atoms with Gasteiger partial charge in [0.2, 0.25) is 11.8 Å². The summed E-state index contributed by atoms with van der Waals surface area (Å²) in [6, 6.07) is 10.8. The van der Waals surface area contributed by atoms with Crippen molar-refractivity contribution in [2.24, 2.45) is 11.7 Å². The highest BCUT2D eigenvalue weighted by Gasteiger charge is 2.33. The fourth-order valence-electron chi connectivity index (χ4n) is 4.66. The van der Waals surface area contributed by atoms with Crippen LogP contribution >= 0.6 is 11.6 Å². The summed E-state index contributed by atoms with van der Waals surface area (Å²) in [5.74, 6) is 0.116. The largest absolute Gasteiger partial charge is 0.416 e. The Bertz CT molecular complexity index is 1170. The van der Waals surface area contributed by atoms with Gasteiger partial charge >= 0.3 is 6.18 Å². The molecule has 0 unspecified atom stereocenters. The minimum atomic E-state index is -4.52. The maximum Gasteiger partial charge on any atom is 0.416 e. The van der Waals surface area contributed by atoms with E-state index < -0.39 is 17.6 Å². The van der Waals surface area contributed by atoms with Crippen molar-refractivity contribution in [2.75, 3.05) is 11.9 Å². The predicted molar refractivity (Wildman–Crippen MR) is 125 cm³/mol. The Morgan fingerprint density at radius 3 is 2.44 bits per heavy atom. The van der Waals surface area contributed by atoms with E-state index in [9.17, 15) is 18.0 Å². The number of nitrogens with two attached hydrogens (primary N) is 1.